The fourth-order valence-corrected chi connectivity index (χ4v) is 4.67. The Morgan fingerprint density at radius 2 is 2.08 bits per heavy atom. The van der Waals surface area contributed by atoms with Gasteiger partial charge in [0.25, 0.3) is 0 Å². The zero-order chi connectivity index (χ0) is 18.3. The maximum atomic E-state index is 15.2. The Morgan fingerprint density at radius 3 is 2.69 bits per heavy atom. The van der Waals surface area contributed by atoms with E-state index in [0.29, 0.717) is 11.8 Å². The first-order valence-electron chi connectivity index (χ1n) is 8.68. The van der Waals surface area contributed by atoms with E-state index in [1.165, 1.54) is 6.26 Å². The molecule has 2 aromatic rings. The second kappa shape index (κ2) is 6.73. The van der Waals surface area contributed by atoms with Crippen LogP contribution >= 0.6 is 11.6 Å². The van der Waals surface area contributed by atoms with Gasteiger partial charge in [-0.3, -0.25) is 0 Å². The molecule has 3 fully saturated rings. The van der Waals surface area contributed by atoms with Crippen molar-refractivity contribution in [3.05, 3.63) is 34.9 Å². The lowest BCUT2D eigenvalue weighted by Gasteiger charge is -2.46. The Hall–Kier alpha value is -2.39. The third-order valence-electron chi connectivity index (χ3n) is 5.72. The number of pyridine rings is 1. The van der Waals surface area contributed by atoms with Gasteiger partial charge in [-0.1, -0.05) is 11.6 Å². The number of nitrogens with one attached hydrogen (secondary N) is 1. The van der Waals surface area contributed by atoms with E-state index in [0.717, 1.165) is 32.0 Å². The first-order chi connectivity index (χ1) is 12.6. The molecule has 0 radical (unpaired) electrons. The summed E-state index contributed by atoms with van der Waals surface area (Å²) in [6.45, 7) is 0. The summed E-state index contributed by atoms with van der Waals surface area (Å²) in [5.74, 6) is -0.0418. The Labute approximate surface area is 155 Å². The Bertz CT molecular complexity index is 870. The molecule has 0 amide bonds. The summed E-state index contributed by atoms with van der Waals surface area (Å²) in [6, 6.07) is 4.90. The number of hydrogen-bond acceptors (Lipinski definition) is 5. The minimum Gasteiger partial charge on any atom is -0.464 e. The van der Waals surface area contributed by atoms with Crippen molar-refractivity contribution in [3.63, 3.8) is 0 Å². The van der Waals surface area contributed by atoms with Crippen molar-refractivity contribution in [2.75, 3.05) is 5.32 Å². The minimum atomic E-state index is -0.688. The molecule has 0 spiro atoms. The van der Waals surface area contributed by atoms with Crippen molar-refractivity contribution in [1.82, 2.24) is 4.98 Å². The van der Waals surface area contributed by atoms with Gasteiger partial charge in [0.1, 0.15) is 28.8 Å². The molecule has 1 N–H and O–H groups in total. The number of furan rings is 1. The first-order valence-corrected chi connectivity index (χ1v) is 9.06. The van der Waals surface area contributed by atoms with Crippen LogP contribution in [0.2, 0.25) is 5.15 Å². The number of anilines is 1. The smallest absolute Gasteiger partial charge is 0.177 e. The molecule has 3 saturated carbocycles. The fraction of sp³-hybridized carbons (Fsp3) is 0.421. The molecular weight excluding hydrogens is 357 g/mol. The first kappa shape index (κ1) is 17.0. The molecule has 3 aliphatic carbocycles. The molecule has 2 heterocycles. The highest BCUT2D eigenvalue weighted by Gasteiger charge is 2.44. The topological polar surface area (TPSA) is 78.9 Å². The molecule has 0 aliphatic heterocycles. The van der Waals surface area contributed by atoms with E-state index in [9.17, 15) is 10.1 Å². The van der Waals surface area contributed by atoms with Crippen LogP contribution in [0.4, 0.5) is 10.2 Å². The zero-order valence-electron chi connectivity index (χ0n) is 13.9. The van der Waals surface area contributed by atoms with Crippen LogP contribution in [0.3, 0.4) is 0 Å². The van der Waals surface area contributed by atoms with Gasteiger partial charge >= 0.3 is 0 Å². The predicted molar refractivity (Wildman–Crippen MR) is 94.0 cm³/mol. The van der Waals surface area contributed by atoms with E-state index >= 15 is 4.39 Å². The van der Waals surface area contributed by atoms with E-state index < -0.39 is 5.82 Å². The quantitative estimate of drug-likeness (QED) is 0.633. The molecule has 0 saturated heterocycles. The number of carbonyl (C=O) groups is 1. The maximum absolute atomic E-state index is 15.2. The summed E-state index contributed by atoms with van der Waals surface area (Å²) >= 11 is 6.14. The number of nitrogens with zero attached hydrogens (tertiary/aromatic N) is 2. The number of carbonyl (C=O) groups excluding carboxylic acids is 1. The van der Waals surface area contributed by atoms with Crippen molar-refractivity contribution in [2.24, 2.45) is 17.8 Å². The molecule has 7 heteroatoms. The molecule has 5 rings (SSSR count). The summed E-state index contributed by atoms with van der Waals surface area (Å²) in [5, 5.41) is 12.4. The van der Waals surface area contributed by atoms with E-state index in [1.807, 2.05) is 6.07 Å². The van der Waals surface area contributed by atoms with Crippen LogP contribution in [-0.4, -0.2) is 17.3 Å². The largest absolute Gasteiger partial charge is 0.464 e. The van der Waals surface area contributed by atoms with Crippen molar-refractivity contribution >= 4 is 23.7 Å². The van der Waals surface area contributed by atoms with Crippen LogP contribution in [0.5, 0.6) is 0 Å². The van der Waals surface area contributed by atoms with Gasteiger partial charge in [-0.2, -0.15) is 5.26 Å². The van der Waals surface area contributed by atoms with Gasteiger partial charge in [0.2, 0.25) is 0 Å². The summed E-state index contributed by atoms with van der Waals surface area (Å²) in [6.07, 6.45) is 6.48. The summed E-state index contributed by atoms with van der Waals surface area (Å²) < 4.78 is 20.5. The second-order valence-electron chi connectivity index (χ2n) is 6.96. The van der Waals surface area contributed by atoms with Crippen LogP contribution in [0, 0.1) is 34.9 Å². The van der Waals surface area contributed by atoms with Crippen molar-refractivity contribution in [2.45, 2.75) is 31.7 Å². The minimum absolute atomic E-state index is 0.0105. The SMILES string of the molecule is N#Cc1c(Cl)nc(NC2C3CCC(CC3)C2C=O)c(F)c1-c1ccco1. The lowest BCUT2D eigenvalue weighted by molar-refractivity contribution is -0.116. The Balaban J connectivity index is 1.76. The van der Waals surface area contributed by atoms with Gasteiger partial charge < -0.3 is 14.5 Å². The molecule has 3 aliphatic rings. The number of aldehydes is 1. The molecular formula is C19H17ClFN3O2. The number of halogens is 2. The number of fused-ring (bicyclic) bond motifs is 3. The molecule has 0 aromatic carbocycles. The average molecular weight is 374 g/mol. The van der Waals surface area contributed by atoms with Gasteiger partial charge in [-0.15, -0.1) is 0 Å². The number of aromatic nitrogens is 1. The Morgan fingerprint density at radius 1 is 1.35 bits per heavy atom. The van der Waals surface area contributed by atoms with E-state index in [1.54, 1.807) is 12.1 Å². The molecule has 2 bridgehead atoms. The molecule has 5 nitrogen and oxygen atoms in total. The zero-order valence-corrected chi connectivity index (χ0v) is 14.7. The number of hydrogen-bond donors (Lipinski definition) is 1. The van der Waals surface area contributed by atoms with Gasteiger partial charge in [0, 0.05) is 12.0 Å². The van der Waals surface area contributed by atoms with Crippen LogP contribution in [-0.2, 0) is 4.79 Å². The highest BCUT2D eigenvalue weighted by Crippen LogP contribution is 2.46. The molecule has 26 heavy (non-hydrogen) atoms. The normalized spacial score (nSPS) is 27.1. The molecule has 2 unspecified atom stereocenters. The van der Waals surface area contributed by atoms with Gasteiger partial charge in [0.05, 0.1) is 11.8 Å². The van der Waals surface area contributed by atoms with Crippen LogP contribution < -0.4 is 5.32 Å². The van der Waals surface area contributed by atoms with Gasteiger partial charge in [-0.05, 0) is 49.7 Å². The van der Waals surface area contributed by atoms with Crippen molar-refractivity contribution < 1.29 is 13.6 Å². The van der Waals surface area contributed by atoms with E-state index in [2.05, 4.69) is 10.3 Å². The van der Waals surface area contributed by atoms with E-state index in [4.69, 9.17) is 16.0 Å². The molecule has 134 valence electrons. The number of rotatable bonds is 4. The Kier molecular flexibility index (Phi) is 4.41. The molecule has 2 atom stereocenters. The van der Waals surface area contributed by atoms with Crippen LogP contribution in [0.25, 0.3) is 11.3 Å². The fourth-order valence-electron chi connectivity index (χ4n) is 4.45. The maximum Gasteiger partial charge on any atom is 0.177 e. The van der Waals surface area contributed by atoms with Crippen molar-refractivity contribution in [1.29, 1.82) is 5.26 Å². The average Bonchev–Trinajstić information content (AvgIpc) is 3.19. The van der Waals surface area contributed by atoms with Gasteiger partial charge in [-0.25, -0.2) is 9.37 Å². The lowest BCUT2D eigenvalue weighted by Crippen LogP contribution is -2.49. The van der Waals surface area contributed by atoms with Crippen molar-refractivity contribution in [3.8, 4) is 17.4 Å². The summed E-state index contributed by atoms with van der Waals surface area (Å²) in [7, 11) is 0. The second-order valence-corrected chi connectivity index (χ2v) is 7.32. The standard InChI is InChI=1S/C19H17ClFN3O2/c20-18-12(8-22)15(14-2-1-7-26-14)16(21)19(24-18)23-17-11-5-3-10(4-6-11)13(17)9-25/h1-2,7,9-11,13,17H,3-6H2,(H,23,24). The monoisotopic (exact) mass is 373 g/mol. The summed E-state index contributed by atoms with van der Waals surface area (Å²) in [5.41, 5.74) is -0.0783. The summed E-state index contributed by atoms with van der Waals surface area (Å²) in [4.78, 5) is 15.7. The highest BCUT2D eigenvalue weighted by molar-refractivity contribution is 6.31. The highest BCUT2D eigenvalue weighted by atomic mass is 35.5. The number of nitriles is 1. The van der Waals surface area contributed by atoms with Crippen LogP contribution in [0.1, 0.15) is 31.2 Å². The third kappa shape index (κ3) is 2.67. The lowest BCUT2D eigenvalue weighted by atomic mass is 9.62. The van der Waals surface area contributed by atoms with E-state index in [-0.39, 0.29) is 39.8 Å². The third-order valence-corrected chi connectivity index (χ3v) is 5.99. The molecule has 2 aromatic heterocycles. The predicted octanol–water partition coefficient (Wildman–Crippen LogP) is 4.42. The van der Waals surface area contributed by atoms with Gasteiger partial charge in [0.15, 0.2) is 11.6 Å². The van der Waals surface area contributed by atoms with Crippen LogP contribution in [0.15, 0.2) is 22.8 Å².